The number of carboxylic acids is 1. The molecule has 0 saturated carbocycles. The molecule has 0 aromatic rings. The molecule has 542 valence electrons. The molecule has 3 aliphatic heterocycles. The summed E-state index contributed by atoms with van der Waals surface area (Å²) in [5.74, 6) is -6.09. The van der Waals surface area contributed by atoms with Crippen LogP contribution in [0.1, 0.15) is 284 Å². The van der Waals surface area contributed by atoms with Gasteiger partial charge < -0.3 is 100 Å². The van der Waals surface area contributed by atoms with Crippen molar-refractivity contribution in [3.05, 3.63) is 0 Å². The quantitative estimate of drug-likeness (QED) is 0.0266. The van der Waals surface area contributed by atoms with Crippen molar-refractivity contribution in [2.45, 2.75) is 394 Å². The molecule has 0 radical (unpaired) electrons. The lowest BCUT2D eigenvalue weighted by Gasteiger charge is -2.50. The SMILES string of the molecule is CCCCCCCCCCCCCCCCCCCCCCCCCCCC(=O)NC(COC1OC(CO)C(OC2OC(CO)C(O)C(OC3(C(=O)O)CC(O)C(NC(C)=O)C(C(O)C(O)CO)O3)C2O)C(O)C1O)C(O)CCCCCCCCCCCCCCC. The highest BCUT2D eigenvalue weighted by Crippen LogP contribution is 2.39. The van der Waals surface area contributed by atoms with E-state index < -0.39 is 148 Å². The maximum absolute atomic E-state index is 13.5. The molecule has 18 unspecified atom stereocenters. The van der Waals surface area contributed by atoms with Gasteiger partial charge in [-0.05, 0) is 12.8 Å². The Bertz CT molecular complexity index is 1860. The van der Waals surface area contributed by atoms with E-state index >= 15 is 0 Å². The number of nitrogens with one attached hydrogen (secondary N) is 2. The van der Waals surface area contributed by atoms with Crippen molar-refractivity contribution in [1.29, 1.82) is 0 Å². The first-order valence-corrected chi connectivity index (χ1v) is 36.4. The van der Waals surface area contributed by atoms with Crippen LogP contribution in [0.2, 0.25) is 0 Å². The van der Waals surface area contributed by atoms with Gasteiger partial charge in [0.05, 0.1) is 50.7 Å². The minimum atomic E-state index is -3.08. The number of hydrogen-bond donors (Lipinski definition) is 14. The highest BCUT2D eigenvalue weighted by atomic mass is 16.8. The second kappa shape index (κ2) is 50.1. The number of carbonyl (C=O) groups is 3. The van der Waals surface area contributed by atoms with Gasteiger partial charge in [0.25, 0.3) is 5.79 Å². The molecule has 3 aliphatic rings. The van der Waals surface area contributed by atoms with Crippen LogP contribution in [0.4, 0.5) is 0 Å². The largest absolute Gasteiger partial charge is 0.477 e. The molecule has 0 aliphatic carbocycles. The van der Waals surface area contributed by atoms with E-state index in [0.29, 0.717) is 19.3 Å². The van der Waals surface area contributed by atoms with Crippen LogP contribution in [0.15, 0.2) is 0 Å². The standard InChI is InChI=1S/C69H130N2O21/c1-4-6-8-10-12-14-16-18-19-20-21-22-23-24-25-26-27-28-29-31-33-35-37-39-41-43-56(79)71-50(51(76)42-40-38-36-34-32-30-17-15-13-11-9-7-5-2)48-87-66-61(83)60(82)63(55(47-74)89-66)90-67-62(84)65(59(81)54(46-73)88-67)92-69(68(85)86)44-52(77)57(70-49(3)75)64(91-69)58(80)53(78)45-72/h50-55,57-67,72-74,76-78,80-84H,4-48H2,1-3H3,(H,70,75)(H,71,79)(H,85,86). The summed E-state index contributed by atoms with van der Waals surface area (Å²) >= 11 is 0. The van der Waals surface area contributed by atoms with Crippen LogP contribution in [0.3, 0.4) is 0 Å². The molecule has 3 fully saturated rings. The Morgan fingerprint density at radius 1 is 0.522 bits per heavy atom. The molecule has 0 bridgehead atoms. The molecule has 92 heavy (non-hydrogen) atoms. The number of aliphatic carboxylic acids is 1. The Labute approximate surface area is 550 Å². The summed E-state index contributed by atoms with van der Waals surface area (Å²) in [5, 5.41) is 136. The molecular formula is C69H130N2O21. The Kier molecular flexibility index (Phi) is 45.7. The lowest BCUT2D eigenvalue weighted by atomic mass is 9.88. The van der Waals surface area contributed by atoms with Gasteiger partial charge in [-0.1, -0.05) is 251 Å². The first-order valence-electron chi connectivity index (χ1n) is 36.4. The first kappa shape index (κ1) is 84.0. The number of aliphatic hydroxyl groups excluding tert-OH is 11. The van der Waals surface area contributed by atoms with Crippen molar-refractivity contribution in [1.82, 2.24) is 10.6 Å². The normalized spacial score (nSPS) is 28.2. The summed E-state index contributed by atoms with van der Waals surface area (Å²) in [6.45, 7) is 2.22. The van der Waals surface area contributed by atoms with Crippen molar-refractivity contribution in [3.63, 3.8) is 0 Å². The number of aliphatic hydroxyl groups is 11. The van der Waals surface area contributed by atoms with Crippen LogP contribution >= 0.6 is 0 Å². The lowest BCUT2D eigenvalue weighted by Crippen LogP contribution is -2.70. The third-order valence-electron chi connectivity index (χ3n) is 18.8. The van der Waals surface area contributed by atoms with E-state index in [0.717, 1.165) is 51.9 Å². The van der Waals surface area contributed by atoms with Gasteiger partial charge in [-0.15, -0.1) is 0 Å². The van der Waals surface area contributed by atoms with Crippen molar-refractivity contribution in [2.24, 2.45) is 0 Å². The van der Waals surface area contributed by atoms with Crippen LogP contribution in [0.25, 0.3) is 0 Å². The molecule has 3 heterocycles. The monoisotopic (exact) mass is 1320 g/mol. The van der Waals surface area contributed by atoms with E-state index in [2.05, 4.69) is 24.5 Å². The number of rotatable bonds is 56. The second-order valence-electron chi connectivity index (χ2n) is 26.8. The molecule has 2 amide bonds. The van der Waals surface area contributed by atoms with Gasteiger partial charge in [0.2, 0.25) is 11.8 Å². The minimum Gasteiger partial charge on any atom is -0.477 e. The van der Waals surface area contributed by atoms with E-state index in [1.165, 1.54) is 186 Å². The molecule has 18 atom stereocenters. The lowest BCUT2D eigenvalue weighted by molar-refractivity contribution is -0.386. The average Bonchev–Trinajstić information content (AvgIpc) is 0.774. The van der Waals surface area contributed by atoms with Gasteiger partial charge in [-0.2, -0.15) is 0 Å². The van der Waals surface area contributed by atoms with E-state index in [4.69, 9.17) is 28.4 Å². The molecule has 0 aromatic carbocycles. The Balaban J connectivity index is 1.53. The third-order valence-corrected chi connectivity index (χ3v) is 18.8. The molecule has 23 nitrogen and oxygen atoms in total. The number of carboxylic acid groups (broad SMARTS) is 1. The highest BCUT2D eigenvalue weighted by molar-refractivity contribution is 5.77. The van der Waals surface area contributed by atoms with Crippen molar-refractivity contribution >= 4 is 17.8 Å². The van der Waals surface area contributed by atoms with E-state index in [1.807, 2.05) is 0 Å². The first-order chi connectivity index (χ1) is 44.4. The smallest absolute Gasteiger partial charge is 0.364 e. The fourth-order valence-corrected chi connectivity index (χ4v) is 13.0. The topological polar surface area (TPSA) is 373 Å². The number of hydrogen-bond acceptors (Lipinski definition) is 20. The van der Waals surface area contributed by atoms with Gasteiger partial charge in [0.15, 0.2) is 12.6 Å². The van der Waals surface area contributed by atoms with Crippen molar-refractivity contribution in [3.8, 4) is 0 Å². The fraction of sp³-hybridized carbons (Fsp3) is 0.957. The van der Waals surface area contributed by atoms with E-state index in [9.17, 15) is 75.7 Å². The molecule has 23 heteroatoms. The zero-order valence-electron chi connectivity index (χ0n) is 56.7. The average molecular weight is 1320 g/mol. The van der Waals surface area contributed by atoms with Crippen LogP contribution in [0.5, 0.6) is 0 Å². The molecule has 3 rings (SSSR count). The highest BCUT2D eigenvalue weighted by Gasteiger charge is 2.60. The predicted molar refractivity (Wildman–Crippen MR) is 348 cm³/mol. The summed E-state index contributed by atoms with van der Waals surface area (Å²) in [6.07, 6.45) is 18.3. The summed E-state index contributed by atoms with van der Waals surface area (Å²) in [7, 11) is 0. The van der Waals surface area contributed by atoms with Gasteiger partial charge in [0, 0.05) is 19.8 Å². The van der Waals surface area contributed by atoms with Gasteiger partial charge >= 0.3 is 5.97 Å². The van der Waals surface area contributed by atoms with E-state index in [1.54, 1.807) is 0 Å². The summed E-state index contributed by atoms with van der Waals surface area (Å²) in [4.78, 5) is 38.6. The predicted octanol–water partition coefficient (Wildman–Crippen LogP) is 7.29. The van der Waals surface area contributed by atoms with Crippen LogP contribution < -0.4 is 10.6 Å². The summed E-state index contributed by atoms with van der Waals surface area (Å²) < 4.78 is 34.9. The van der Waals surface area contributed by atoms with Gasteiger partial charge in [-0.3, -0.25) is 9.59 Å². The summed E-state index contributed by atoms with van der Waals surface area (Å²) in [6, 6.07) is -2.52. The Morgan fingerprint density at radius 2 is 0.946 bits per heavy atom. The van der Waals surface area contributed by atoms with Gasteiger partial charge in [-0.25, -0.2) is 4.79 Å². The zero-order valence-corrected chi connectivity index (χ0v) is 56.7. The van der Waals surface area contributed by atoms with Crippen molar-refractivity contribution < 1.29 is 104 Å². The van der Waals surface area contributed by atoms with Crippen molar-refractivity contribution in [2.75, 3.05) is 26.4 Å². The zero-order chi connectivity index (χ0) is 67.5. The Hall–Kier alpha value is -2.27. The second-order valence-corrected chi connectivity index (χ2v) is 26.8. The Morgan fingerprint density at radius 3 is 1.36 bits per heavy atom. The van der Waals surface area contributed by atoms with Crippen LogP contribution in [0, 0.1) is 0 Å². The molecule has 14 N–H and O–H groups in total. The van der Waals surface area contributed by atoms with Gasteiger partial charge in [0.1, 0.15) is 67.1 Å². The third kappa shape index (κ3) is 31.9. The number of amides is 2. The number of carbonyl (C=O) groups excluding carboxylic acids is 2. The number of ether oxygens (including phenoxy) is 6. The molecular weight excluding hydrogens is 1190 g/mol. The minimum absolute atomic E-state index is 0.229. The maximum Gasteiger partial charge on any atom is 0.364 e. The molecule has 0 aromatic heterocycles. The summed E-state index contributed by atoms with van der Waals surface area (Å²) in [5.41, 5.74) is 0. The molecule has 3 saturated heterocycles. The maximum atomic E-state index is 13.5. The fourth-order valence-electron chi connectivity index (χ4n) is 13.0. The van der Waals surface area contributed by atoms with E-state index in [-0.39, 0.29) is 18.9 Å². The van der Waals surface area contributed by atoms with Crippen LogP contribution in [-0.2, 0) is 42.8 Å². The molecule has 0 spiro atoms. The van der Waals surface area contributed by atoms with Crippen LogP contribution in [-0.4, -0.2) is 215 Å². The number of unbranched alkanes of at least 4 members (excludes halogenated alkanes) is 36.